The van der Waals surface area contributed by atoms with Crippen molar-refractivity contribution in [1.82, 2.24) is 10.2 Å². The van der Waals surface area contributed by atoms with Crippen LogP contribution in [-0.2, 0) is 6.54 Å². The van der Waals surface area contributed by atoms with Gasteiger partial charge in [0.1, 0.15) is 0 Å². The molecular formula is C25H36N4O2. The Morgan fingerprint density at radius 2 is 1.74 bits per heavy atom. The van der Waals surface area contributed by atoms with Gasteiger partial charge in [-0.3, -0.25) is 4.79 Å². The first-order valence-electron chi connectivity index (χ1n) is 10.9. The van der Waals surface area contributed by atoms with Gasteiger partial charge in [0.25, 0.3) is 5.91 Å². The Bertz CT molecular complexity index is 908. The fourth-order valence-corrected chi connectivity index (χ4v) is 3.45. The molecule has 0 aliphatic heterocycles. The Hall–Kier alpha value is -3.02. The van der Waals surface area contributed by atoms with Crippen LogP contribution in [0.3, 0.4) is 0 Å². The number of hydrogen-bond donors (Lipinski definition) is 2. The molecule has 0 saturated carbocycles. The molecule has 2 N–H and O–H groups in total. The SMILES string of the molecule is CCNC(=O)Nc1ccc(N(C)C)c(CN(C(=O)c2cccc(C)c2)[C@H](C)C(C)C)c1. The van der Waals surface area contributed by atoms with E-state index in [1.807, 2.05) is 80.2 Å². The summed E-state index contributed by atoms with van der Waals surface area (Å²) >= 11 is 0. The van der Waals surface area contributed by atoms with Crippen LogP contribution < -0.4 is 15.5 Å². The molecule has 0 fully saturated rings. The lowest BCUT2D eigenvalue weighted by Crippen LogP contribution is -2.41. The predicted molar refractivity (Wildman–Crippen MR) is 129 cm³/mol. The number of carbonyl (C=O) groups excluding carboxylic acids is 2. The number of rotatable bonds is 8. The third kappa shape index (κ3) is 6.48. The number of nitrogens with zero attached hydrogens (tertiary/aromatic N) is 2. The fraction of sp³-hybridized carbons (Fsp3) is 0.440. The summed E-state index contributed by atoms with van der Waals surface area (Å²) in [5.41, 5.74) is 4.44. The van der Waals surface area contributed by atoms with Crippen LogP contribution in [0.25, 0.3) is 0 Å². The van der Waals surface area contributed by atoms with E-state index in [0.29, 0.717) is 30.3 Å². The van der Waals surface area contributed by atoms with E-state index in [1.165, 1.54) is 0 Å². The minimum Gasteiger partial charge on any atom is -0.377 e. The van der Waals surface area contributed by atoms with Crippen molar-refractivity contribution in [1.29, 1.82) is 0 Å². The summed E-state index contributed by atoms with van der Waals surface area (Å²) in [6, 6.07) is 13.3. The number of hydrogen-bond acceptors (Lipinski definition) is 3. The first-order valence-corrected chi connectivity index (χ1v) is 10.9. The molecule has 6 heteroatoms. The lowest BCUT2D eigenvalue weighted by Gasteiger charge is -2.33. The van der Waals surface area contributed by atoms with Gasteiger partial charge in [0.2, 0.25) is 0 Å². The molecule has 0 radical (unpaired) electrons. The first-order chi connectivity index (χ1) is 14.6. The number of anilines is 2. The zero-order chi connectivity index (χ0) is 23.1. The Labute approximate surface area is 186 Å². The number of urea groups is 1. The second-order valence-electron chi connectivity index (χ2n) is 8.51. The highest BCUT2D eigenvalue weighted by Gasteiger charge is 2.25. The average molecular weight is 425 g/mol. The van der Waals surface area contributed by atoms with Gasteiger partial charge in [-0.25, -0.2) is 4.79 Å². The van der Waals surface area contributed by atoms with Crippen molar-refractivity contribution < 1.29 is 9.59 Å². The van der Waals surface area contributed by atoms with Gasteiger partial charge in [0.05, 0.1) is 0 Å². The topological polar surface area (TPSA) is 64.7 Å². The maximum atomic E-state index is 13.5. The molecule has 1 atom stereocenters. The molecule has 0 unspecified atom stereocenters. The molecule has 31 heavy (non-hydrogen) atoms. The molecule has 168 valence electrons. The molecule has 3 amide bonds. The fourth-order valence-electron chi connectivity index (χ4n) is 3.45. The summed E-state index contributed by atoms with van der Waals surface area (Å²) < 4.78 is 0. The van der Waals surface area contributed by atoms with Gasteiger partial charge < -0.3 is 20.4 Å². The van der Waals surface area contributed by atoms with E-state index in [1.54, 1.807) is 0 Å². The summed E-state index contributed by atoms with van der Waals surface area (Å²) in [6.07, 6.45) is 0. The van der Waals surface area contributed by atoms with Crippen molar-refractivity contribution in [2.75, 3.05) is 30.9 Å². The number of nitrogens with one attached hydrogen (secondary N) is 2. The maximum Gasteiger partial charge on any atom is 0.319 e. The van der Waals surface area contributed by atoms with Crippen LogP contribution in [-0.4, -0.2) is 43.5 Å². The summed E-state index contributed by atoms with van der Waals surface area (Å²) in [6.45, 7) is 11.2. The molecule has 0 heterocycles. The average Bonchev–Trinajstić information content (AvgIpc) is 2.71. The van der Waals surface area contributed by atoms with Gasteiger partial charge in [0.15, 0.2) is 0 Å². The molecule has 0 aromatic heterocycles. The molecule has 0 aliphatic carbocycles. The van der Waals surface area contributed by atoms with E-state index in [9.17, 15) is 9.59 Å². The Morgan fingerprint density at radius 1 is 1.03 bits per heavy atom. The van der Waals surface area contributed by atoms with E-state index in [0.717, 1.165) is 16.8 Å². The summed E-state index contributed by atoms with van der Waals surface area (Å²) in [5.74, 6) is 0.310. The molecular weight excluding hydrogens is 388 g/mol. The highest BCUT2D eigenvalue weighted by atomic mass is 16.2. The molecule has 0 saturated heterocycles. The largest absolute Gasteiger partial charge is 0.377 e. The molecule has 0 spiro atoms. The van der Waals surface area contributed by atoms with E-state index in [2.05, 4.69) is 31.4 Å². The molecule has 2 aromatic carbocycles. The van der Waals surface area contributed by atoms with Crippen molar-refractivity contribution in [3.8, 4) is 0 Å². The minimum atomic E-state index is -0.241. The monoisotopic (exact) mass is 424 g/mol. The van der Waals surface area contributed by atoms with Crippen molar-refractivity contribution >= 4 is 23.3 Å². The van der Waals surface area contributed by atoms with Crippen LogP contribution >= 0.6 is 0 Å². The predicted octanol–water partition coefficient (Wildman–Crippen LogP) is 4.89. The van der Waals surface area contributed by atoms with Gasteiger partial charge in [0, 0.05) is 50.2 Å². The maximum absolute atomic E-state index is 13.5. The molecule has 0 aliphatic rings. The Balaban J connectivity index is 2.44. The molecule has 2 rings (SSSR count). The van der Waals surface area contributed by atoms with E-state index in [4.69, 9.17) is 0 Å². The normalized spacial score (nSPS) is 11.7. The zero-order valence-electron chi connectivity index (χ0n) is 19.8. The van der Waals surface area contributed by atoms with Crippen molar-refractivity contribution in [3.05, 3.63) is 59.2 Å². The Morgan fingerprint density at radius 3 is 2.32 bits per heavy atom. The molecule has 0 bridgehead atoms. The summed E-state index contributed by atoms with van der Waals surface area (Å²) in [7, 11) is 3.96. The van der Waals surface area contributed by atoms with Gasteiger partial charge in [-0.05, 0) is 62.6 Å². The Kier molecular flexibility index (Phi) is 8.48. The second kappa shape index (κ2) is 10.8. The zero-order valence-corrected chi connectivity index (χ0v) is 19.8. The van der Waals surface area contributed by atoms with Crippen LogP contribution in [0.5, 0.6) is 0 Å². The second-order valence-corrected chi connectivity index (χ2v) is 8.51. The van der Waals surface area contributed by atoms with Crippen molar-refractivity contribution in [3.63, 3.8) is 0 Å². The number of aryl methyl sites for hydroxylation is 1. The number of carbonyl (C=O) groups is 2. The van der Waals surface area contributed by atoms with E-state index < -0.39 is 0 Å². The summed E-state index contributed by atoms with van der Waals surface area (Å²) in [4.78, 5) is 29.5. The van der Waals surface area contributed by atoms with Crippen molar-refractivity contribution in [2.45, 2.75) is 47.2 Å². The van der Waals surface area contributed by atoms with E-state index >= 15 is 0 Å². The standard InChI is InChI=1S/C25H36N4O2/c1-8-26-25(31)27-22-12-13-23(28(6)7)21(15-22)16-29(19(5)17(2)3)24(30)20-11-9-10-18(4)14-20/h9-15,17,19H,8,16H2,1-7H3,(H2,26,27,31)/t19-/m1/s1. The van der Waals surface area contributed by atoms with Crippen LogP contribution in [0.15, 0.2) is 42.5 Å². The van der Waals surface area contributed by atoms with Gasteiger partial charge in [-0.2, -0.15) is 0 Å². The first kappa shape index (κ1) is 24.3. The number of amides is 3. The highest BCUT2D eigenvalue weighted by molar-refractivity contribution is 5.95. The quantitative estimate of drug-likeness (QED) is 0.634. The van der Waals surface area contributed by atoms with Crippen LogP contribution in [0.1, 0.15) is 49.2 Å². The lowest BCUT2D eigenvalue weighted by atomic mass is 10.0. The third-order valence-corrected chi connectivity index (χ3v) is 5.48. The minimum absolute atomic E-state index is 0.0108. The smallest absolute Gasteiger partial charge is 0.319 e. The van der Waals surface area contributed by atoms with Crippen LogP contribution in [0.2, 0.25) is 0 Å². The lowest BCUT2D eigenvalue weighted by molar-refractivity contribution is 0.0628. The van der Waals surface area contributed by atoms with Gasteiger partial charge >= 0.3 is 6.03 Å². The van der Waals surface area contributed by atoms with Gasteiger partial charge in [-0.1, -0.05) is 31.5 Å². The highest BCUT2D eigenvalue weighted by Crippen LogP contribution is 2.27. The third-order valence-electron chi connectivity index (χ3n) is 5.48. The summed E-state index contributed by atoms with van der Waals surface area (Å²) in [5, 5.41) is 5.62. The van der Waals surface area contributed by atoms with Gasteiger partial charge in [-0.15, -0.1) is 0 Å². The van der Waals surface area contributed by atoms with Crippen LogP contribution in [0.4, 0.5) is 16.2 Å². The number of benzene rings is 2. The van der Waals surface area contributed by atoms with Crippen molar-refractivity contribution in [2.24, 2.45) is 5.92 Å². The molecule has 2 aromatic rings. The van der Waals surface area contributed by atoms with Crippen LogP contribution in [0, 0.1) is 12.8 Å². The van der Waals surface area contributed by atoms with E-state index in [-0.39, 0.29) is 18.0 Å². The molecule has 6 nitrogen and oxygen atoms in total.